The highest BCUT2D eigenvalue weighted by molar-refractivity contribution is 5.91. The Bertz CT molecular complexity index is 646. The molecule has 2 aliphatic heterocycles. The number of carboxylic acid groups (broad SMARTS) is 1. The topological polar surface area (TPSA) is 76.1 Å². The van der Waals surface area contributed by atoms with Crippen LogP contribution < -0.4 is 0 Å². The molecule has 136 valence electrons. The number of esters is 1. The Hall–Kier alpha value is -1.88. The van der Waals surface area contributed by atoms with Gasteiger partial charge < -0.3 is 14.6 Å². The van der Waals surface area contributed by atoms with Gasteiger partial charge in [-0.2, -0.15) is 0 Å². The Morgan fingerprint density at radius 1 is 1.48 bits per heavy atom. The maximum atomic E-state index is 11.8. The van der Waals surface area contributed by atoms with Crippen LogP contribution in [0, 0.1) is 17.3 Å². The number of allylic oxidation sites excluding steroid dienone is 3. The lowest BCUT2D eigenvalue weighted by Gasteiger charge is -2.36. The molecule has 2 heterocycles. The Morgan fingerprint density at radius 3 is 2.88 bits per heavy atom. The normalized spacial score (nSPS) is 41.3. The van der Waals surface area contributed by atoms with E-state index in [2.05, 4.69) is 20.4 Å². The van der Waals surface area contributed by atoms with Crippen molar-refractivity contribution in [3.8, 4) is 0 Å². The molecule has 0 bridgehead atoms. The number of carboxylic acids is 1. The summed E-state index contributed by atoms with van der Waals surface area (Å²) in [6.45, 7) is 8.40. The van der Waals surface area contributed by atoms with Crippen LogP contribution in [0.2, 0.25) is 0 Å². The van der Waals surface area contributed by atoms with Crippen molar-refractivity contribution in [2.75, 3.05) is 0 Å². The molecule has 0 radical (unpaired) electrons. The van der Waals surface area contributed by atoms with E-state index in [1.54, 1.807) is 6.08 Å². The molecule has 2 saturated heterocycles. The van der Waals surface area contributed by atoms with Crippen LogP contribution in [0.25, 0.3) is 0 Å². The third-order valence-electron chi connectivity index (χ3n) is 6.10. The van der Waals surface area contributed by atoms with Crippen molar-refractivity contribution >= 4 is 11.9 Å². The van der Waals surface area contributed by atoms with Crippen molar-refractivity contribution in [2.24, 2.45) is 17.3 Å². The zero-order valence-electron chi connectivity index (χ0n) is 14.9. The molecule has 3 rings (SSSR count). The molecule has 0 amide bonds. The molecule has 0 spiro atoms. The number of aliphatic carboxylic acids is 1. The Labute approximate surface area is 148 Å². The maximum absolute atomic E-state index is 11.8. The van der Waals surface area contributed by atoms with E-state index in [4.69, 9.17) is 9.47 Å². The van der Waals surface area contributed by atoms with Crippen LogP contribution in [0.5, 0.6) is 0 Å². The zero-order valence-corrected chi connectivity index (χ0v) is 14.9. The molecule has 5 nitrogen and oxygen atoms in total. The van der Waals surface area contributed by atoms with Crippen molar-refractivity contribution in [1.82, 2.24) is 0 Å². The first-order valence-electron chi connectivity index (χ1n) is 8.96. The van der Waals surface area contributed by atoms with Crippen LogP contribution in [0.3, 0.4) is 0 Å². The van der Waals surface area contributed by atoms with Crippen molar-refractivity contribution in [2.45, 2.75) is 58.3 Å². The summed E-state index contributed by atoms with van der Waals surface area (Å²) in [6, 6.07) is 0. The highest BCUT2D eigenvalue weighted by Gasteiger charge is 2.58. The molecule has 0 aromatic heterocycles. The number of rotatable bonds is 4. The molecule has 3 aliphatic rings. The average molecular weight is 346 g/mol. The number of carbonyl (C=O) groups is 2. The van der Waals surface area contributed by atoms with E-state index in [1.807, 2.05) is 12.2 Å². The molecule has 1 aliphatic carbocycles. The average Bonchev–Trinajstić information content (AvgIpc) is 3.23. The van der Waals surface area contributed by atoms with Crippen LogP contribution in [-0.2, 0) is 19.1 Å². The Balaban J connectivity index is 1.70. The zero-order chi connectivity index (χ0) is 18.2. The van der Waals surface area contributed by atoms with E-state index < -0.39 is 5.97 Å². The number of ether oxygens (including phenoxy) is 2. The van der Waals surface area contributed by atoms with Gasteiger partial charge in [-0.1, -0.05) is 32.6 Å². The summed E-state index contributed by atoms with van der Waals surface area (Å²) in [7, 11) is 0. The summed E-state index contributed by atoms with van der Waals surface area (Å²) in [5, 5.41) is 9.30. The monoisotopic (exact) mass is 346 g/mol. The second-order valence-electron chi connectivity index (χ2n) is 7.77. The van der Waals surface area contributed by atoms with E-state index in [-0.39, 0.29) is 35.3 Å². The molecule has 2 fully saturated rings. The fraction of sp³-hybridized carbons (Fsp3) is 0.600. The first kappa shape index (κ1) is 17.9. The van der Waals surface area contributed by atoms with E-state index in [1.165, 1.54) is 0 Å². The number of carbonyl (C=O) groups excluding carboxylic acids is 1. The number of hydrogen-bond acceptors (Lipinski definition) is 4. The van der Waals surface area contributed by atoms with Crippen LogP contribution in [0.4, 0.5) is 0 Å². The fourth-order valence-electron chi connectivity index (χ4n) is 3.86. The van der Waals surface area contributed by atoms with Gasteiger partial charge in [-0.15, -0.1) is 0 Å². The number of hydrogen-bond donors (Lipinski definition) is 1. The minimum atomic E-state index is -0.927. The van der Waals surface area contributed by atoms with Gasteiger partial charge in [-0.3, -0.25) is 4.79 Å². The van der Waals surface area contributed by atoms with Gasteiger partial charge in [0.1, 0.15) is 6.10 Å². The lowest BCUT2D eigenvalue weighted by Crippen LogP contribution is -2.28. The standard InChI is InChI=1S/C20H26O5/c1-12-7-8-13(2)20(3,10-5-4-6-14(12)17(21)22)11-9-15-16-19(24-16)25-18(15)23/h4-6,13,15-16,19H,1,7-11H2,2-3H3,(H,21,22)/b5-4-,14-6+/t13-,15+,16?,19?,20+/m1/s1. The van der Waals surface area contributed by atoms with Crippen molar-refractivity contribution in [3.05, 3.63) is 36.0 Å². The summed E-state index contributed by atoms with van der Waals surface area (Å²) in [5.74, 6) is -0.808. The SMILES string of the molecule is C=C1CC[C@@H](C)[C@](C)(CC[C@@H]2C(=O)OC3OC32)C/C=C\C=C/1C(=O)O. The molecule has 5 atom stereocenters. The molecule has 1 N–H and O–H groups in total. The summed E-state index contributed by atoms with van der Waals surface area (Å²) < 4.78 is 10.5. The molecular weight excluding hydrogens is 320 g/mol. The predicted octanol–water partition coefficient (Wildman–Crippen LogP) is 3.61. The minimum absolute atomic E-state index is 0.0395. The maximum Gasteiger partial charge on any atom is 0.335 e. The fourth-order valence-corrected chi connectivity index (χ4v) is 3.86. The Kier molecular flexibility index (Phi) is 4.87. The van der Waals surface area contributed by atoms with Gasteiger partial charge >= 0.3 is 11.9 Å². The lowest BCUT2D eigenvalue weighted by atomic mass is 9.68. The second kappa shape index (κ2) is 6.79. The molecule has 2 unspecified atom stereocenters. The molecule has 5 heteroatoms. The highest BCUT2D eigenvalue weighted by Crippen LogP contribution is 2.46. The quantitative estimate of drug-likeness (QED) is 0.621. The summed E-state index contributed by atoms with van der Waals surface area (Å²) in [6.07, 6.45) is 9.22. The van der Waals surface area contributed by atoms with Gasteiger partial charge in [0.05, 0.1) is 11.5 Å². The smallest absolute Gasteiger partial charge is 0.335 e. The Morgan fingerprint density at radius 2 is 2.24 bits per heavy atom. The largest absolute Gasteiger partial charge is 0.478 e. The highest BCUT2D eigenvalue weighted by atomic mass is 16.8. The molecule has 0 aromatic carbocycles. The van der Waals surface area contributed by atoms with Gasteiger partial charge in [-0.05, 0) is 55.1 Å². The van der Waals surface area contributed by atoms with Crippen molar-refractivity contribution in [3.63, 3.8) is 0 Å². The molecular formula is C20H26O5. The number of fused-ring (bicyclic) bond motifs is 1. The molecule has 0 saturated carbocycles. The first-order valence-corrected chi connectivity index (χ1v) is 8.96. The summed E-state index contributed by atoms with van der Waals surface area (Å²) in [4.78, 5) is 23.2. The third kappa shape index (κ3) is 3.71. The van der Waals surface area contributed by atoms with Gasteiger partial charge in [-0.25, -0.2) is 4.79 Å². The van der Waals surface area contributed by atoms with E-state index in [0.717, 1.165) is 25.7 Å². The summed E-state index contributed by atoms with van der Waals surface area (Å²) in [5.41, 5.74) is 0.998. The first-order chi connectivity index (χ1) is 11.8. The molecule has 0 aromatic rings. The van der Waals surface area contributed by atoms with Crippen LogP contribution in [0.15, 0.2) is 36.0 Å². The van der Waals surface area contributed by atoms with Crippen LogP contribution in [-0.4, -0.2) is 29.4 Å². The van der Waals surface area contributed by atoms with Gasteiger partial charge in [0.25, 0.3) is 0 Å². The number of epoxide rings is 1. The third-order valence-corrected chi connectivity index (χ3v) is 6.10. The van der Waals surface area contributed by atoms with Gasteiger partial charge in [0, 0.05) is 0 Å². The van der Waals surface area contributed by atoms with E-state index in [0.29, 0.717) is 17.9 Å². The predicted molar refractivity (Wildman–Crippen MR) is 92.6 cm³/mol. The minimum Gasteiger partial charge on any atom is -0.478 e. The second-order valence-corrected chi connectivity index (χ2v) is 7.77. The van der Waals surface area contributed by atoms with Gasteiger partial charge in [0.15, 0.2) is 0 Å². The van der Waals surface area contributed by atoms with E-state index in [9.17, 15) is 14.7 Å². The van der Waals surface area contributed by atoms with Gasteiger partial charge in [0.2, 0.25) is 6.29 Å². The lowest BCUT2D eigenvalue weighted by molar-refractivity contribution is -0.152. The van der Waals surface area contributed by atoms with E-state index >= 15 is 0 Å². The van der Waals surface area contributed by atoms with Crippen molar-refractivity contribution in [1.29, 1.82) is 0 Å². The van der Waals surface area contributed by atoms with Crippen LogP contribution >= 0.6 is 0 Å². The van der Waals surface area contributed by atoms with Crippen molar-refractivity contribution < 1.29 is 24.2 Å². The van der Waals surface area contributed by atoms with Crippen LogP contribution in [0.1, 0.15) is 46.0 Å². The molecule has 25 heavy (non-hydrogen) atoms. The summed E-state index contributed by atoms with van der Waals surface area (Å²) >= 11 is 0.